The van der Waals surface area contributed by atoms with Gasteiger partial charge >= 0.3 is 47.8 Å². The highest BCUT2D eigenvalue weighted by molar-refractivity contribution is 5.74. The van der Waals surface area contributed by atoms with Crippen LogP contribution in [0.1, 0.15) is 351 Å². The van der Waals surface area contributed by atoms with Crippen molar-refractivity contribution in [2.24, 2.45) is 23.7 Å². The van der Waals surface area contributed by atoms with E-state index in [0.717, 1.165) is 206 Å². The lowest BCUT2D eigenvalue weighted by molar-refractivity contribution is -0.150. The minimum absolute atomic E-state index is 0.0612. The molecule has 0 aromatic carbocycles. The molecule has 0 spiro atoms. The third-order valence-electron chi connectivity index (χ3n) is 19.3. The first-order chi connectivity index (χ1) is 49.6. The van der Waals surface area contributed by atoms with Crippen molar-refractivity contribution < 1.29 is 76.3 Å². The maximum atomic E-state index is 13.1. The topological polar surface area (TPSA) is 220 Å². The van der Waals surface area contributed by atoms with Crippen LogP contribution in [0.2, 0.25) is 0 Å². The Labute approximate surface area is 622 Å². The maximum Gasteiger partial charge on any atom is 0.308 e. The van der Waals surface area contributed by atoms with Crippen molar-refractivity contribution in [2.75, 3.05) is 112 Å². The first kappa shape index (κ1) is 97.6. The molecule has 4 unspecified atom stereocenters. The van der Waals surface area contributed by atoms with Crippen LogP contribution >= 0.6 is 0 Å². The lowest BCUT2D eigenvalue weighted by Gasteiger charge is -2.25. The van der Waals surface area contributed by atoms with Crippen LogP contribution in [0.15, 0.2) is 0 Å². The van der Waals surface area contributed by atoms with Gasteiger partial charge in [-0.1, -0.05) is 209 Å². The molecular weight excluding hydrogens is 1290 g/mol. The van der Waals surface area contributed by atoms with E-state index in [9.17, 15) is 38.4 Å². The van der Waals surface area contributed by atoms with Gasteiger partial charge in [0.15, 0.2) is 0 Å². The molecule has 0 saturated carbocycles. The second kappa shape index (κ2) is 72.2. The number of hydrogen-bond acceptors (Lipinski definition) is 19. The van der Waals surface area contributed by atoms with E-state index in [4.69, 9.17) is 37.9 Å². The number of rotatable bonds is 76. The lowest BCUT2D eigenvalue weighted by atomic mass is 9.95. The van der Waals surface area contributed by atoms with E-state index in [1.807, 2.05) is 0 Å². The van der Waals surface area contributed by atoms with Gasteiger partial charge in [0, 0.05) is 26.2 Å². The summed E-state index contributed by atoms with van der Waals surface area (Å²) in [5.74, 6) is -2.02. The fourth-order valence-electron chi connectivity index (χ4n) is 12.5. The molecule has 0 aromatic rings. The van der Waals surface area contributed by atoms with Crippen LogP contribution in [0.5, 0.6) is 0 Å². The van der Waals surface area contributed by atoms with Gasteiger partial charge in [0.25, 0.3) is 0 Å². The highest BCUT2D eigenvalue weighted by Gasteiger charge is 2.24. The molecule has 0 heterocycles. The minimum Gasteiger partial charge on any atom is -0.466 e. The number of hydrogen-bond donors (Lipinski definition) is 0. The van der Waals surface area contributed by atoms with Gasteiger partial charge in [-0.25, -0.2) is 0 Å². The average molecular weight is 1450 g/mol. The lowest BCUT2D eigenvalue weighted by Crippen LogP contribution is -2.34. The van der Waals surface area contributed by atoms with Crippen molar-refractivity contribution in [1.82, 2.24) is 14.7 Å². The van der Waals surface area contributed by atoms with Crippen LogP contribution in [-0.4, -0.2) is 175 Å². The molecule has 0 fully saturated rings. The second-order valence-corrected chi connectivity index (χ2v) is 28.8. The SMILES string of the molecule is CCCCCCC(CCCC)C(=O)OCCCCOC(=O)CCN(CCCN(C)CCCN(CCC(=O)OCCCCOC(=O)C(CCCC)CCCCCC)CCC(=O)OCCCCOC(=O)C(CCCC)CCCCCC)CCC(=O)OCCCCOC(=O)C(CCCC)CCCCCC. The van der Waals surface area contributed by atoms with E-state index in [1.54, 1.807) is 0 Å². The Kier molecular flexibility index (Phi) is 69.1. The van der Waals surface area contributed by atoms with Crippen LogP contribution in [0.4, 0.5) is 0 Å². The van der Waals surface area contributed by atoms with Crippen molar-refractivity contribution in [3.05, 3.63) is 0 Å². The number of unbranched alkanes of at least 4 members (excludes halogenated alkanes) is 20. The molecular formula is C83H155N3O16. The molecule has 4 atom stereocenters. The summed E-state index contributed by atoms with van der Waals surface area (Å²) < 4.78 is 45.3. The minimum atomic E-state index is -0.328. The summed E-state index contributed by atoms with van der Waals surface area (Å²) in [6.07, 6.45) is 39.9. The van der Waals surface area contributed by atoms with Crippen LogP contribution < -0.4 is 0 Å². The molecule has 19 heteroatoms. The van der Waals surface area contributed by atoms with Gasteiger partial charge in [0.1, 0.15) is 0 Å². The summed E-state index contributed by atoms with van der Waals surface area (Å²) in [4.78, 5) is 111. The highest BCUT2D eigenvalue weighted by Crippen LogP contribution is 2.24. The van der Waals surface area contributed by atoms with Crippen molar-refractivity contribution in [3.8, 4) is 0 Å². The normalized spacial score (nSPS) is 12.7. The summed E-state index contributed by atoms with van der Waals surface area (Å²) in [5.41, 5.74) is 0. The Morgan fingerprint density at radius 3 is 0.618 bits per heavy atom. The monoisotopic (exact) mass is 1450 g/mol. The van der Waals surface area contributed by atoms with E-state index in [-0.39, 0.29) is 124 Å². The molecule has 0 radical (unpaired) electrons. The van der Waals surface area contributed by atoms with Gasteiger partial charge < -0.3 is 52.6 Å². The summed E-state index contributed by atoms with van der Waals surface area (Å²) in [7, 11) is 2.06. The van der Waals surface area contributed by atoms with Crippen molar-refractivity contribution in [3.63, 3.8) is 0 Å². The molecule has 0 aliphatic carbocycles. The molecule has 0 amide bonds. The maximum absolute atomic E-state index is 13.1. The molecule has 0 aliphatic heterocycles. The van der Waals surface area contributed by atoms with E-state index >= 15 is 0 Å². The molecule has 0 N–H and O–H groups in total. The number of carbonyl (C=O) groups is 8. The fraction of sp³-hybridized carbons (Fsp3) is 0.904. The number of esters is 8. The Morgan fingerprint density at radius 2 is 0.412 bits per heavy atom. The van der Waals surface area contributed by atoms with Crippen molar-refractivity contribution >= 4 is 47.8 Å². The Morgan fingerprint density at radius 1 is 0.216 bits per heavy atom. The summed E-state index contributed by atoms with van der Waals surface area (Å²) in [5, 5.41) is 0. The second-order valence-electron chi connectivity index (χ2n) is 28.8. The largest absolute Gasteiger partial charge is 0.466 e. The van der Waals surface area contributed by atoms with Gasteiger partial charge in [0.05, 0.1) is 102 Å². The zero-order chi connectivity index (χ0) is 75.2. The first-order valence-corrected chi connectivity index (χ1v) is 42.0. The van der Waals surface area contributed by atoms with Crippen molar-refractivity contribution in [1.29, 1.82) is 0 Å². The number of carbonyl (C=O) groups excluding carboxylic acids is 8. The zero-order valence-electron chi connectivity index (χ0n) is 67.0. The van der Waals surface area contributed by atoms with Gasteiger partial charge in [-0.15, -0.1) is 0 Å². The molecule has 19 nitrogen and oxygen atoms in total. The predicted molar refractivity (Wildman–Crippen MR) is 410 cm³/mol. The summed E-state index contributed by atoms with van der Waals surface area (Å²) in [6, 6.07) is 0. The molecule has 102 heavy (non-hydrogen) atoms. The highest BCUT2D eigenvalue weighted by atomic mass is 16.6. The predicted octanol–water partition coefficient (Wildman–Crippen LogP) is 18.4. The Hall–Kier alpha value is -4.36. The third kappa shape index (κ3) is 59.8. The average Bonchev–Trinajstić information content (AvgIpc) is 1.18. The molecule has 0 bridgehead atoms. The number of nitrogens with zero attached hydrogens (tertiary/aromatic N) is 3. The smallest absolute Gasteiger partial charge is 0.308 e. The van der Waals surface area contributed by atoms with Crippen LogP contribution in [-0.2, 0) is 76.3 Å². The molecule has 598 valence electrons. The zero-order valence-corrected chi connectivity index (χ0v) is 67.0. The molecule has 0 rings (SSSR count). The van der Waals surface area contributed by atoms with Crippen LogP contribution in [0.25, 0.3) is 0 Å². The third-order valence-corrected chi connectivity index (χ3v) is 19.3. The summed E-state index contributed by atoms with van der Waals surface area (Å²) >= 11 is 0. The van der Waals surface area contributed by atoms with E-state index in [0.29, 0.717) is 117 Å². The van der Waals surface area contributed by atoms with E-state index in [2.05, 4.69) is 77.1 Å². The van der Waals surface area contributed by atoms with Gasteiger partial charge in [-0.2, -0.15) is 0 Å². The number of ether oxygens (including phenoxy) is 8. The quantitative estimate of drug-likeness (QED) is 0.0314. The molecule has 0 saturated heterocycles. The van der Waals surface area contributed by atoms with E-state index < -0.39 is 0 Å². The van der Waals surface area contributed by atoms with Crippen LogP contribution in [0, 0.1) is 23.7 Å². The summed E-state index contributed by atoms with van der Waals surface area (Å²) in [6.45, 7) is 23.7. The standard InChI is InChI=1S/C83H155N3O16/c1-10-18-26-30-48-72(44-22-14-5)80(91)99-68-38-34-64-95-76(87)52-60-85(61-53-77(88)96-65-35-39-69-100-81(92)73(45-23-15-6)49-31-27-19-11-2)58-42-56-84(9)57-43-59-86(62-54-78(89)97-66-36-40-70-101-82(93)74(46-24-16-7)50-32-28-20-12-3)63-55-79(90)98-67-37-41-71-102-83(94)75(47-25-17-8)51-33-29-21-13-4/h72-75H,10-71H2,1-9H3. The molecule has 0 aliphatic rings. The Bertz CT molecular complexity index is 1760. The van der Waals surface area contributed by atoms with Gasteiger partial charge in [0.2, 0.25) is 0 Å². The Balaban J connectivity index is 5.72. The van der Waals surface area contributed by atoms with Gasteiger partial charge in [-0.3, -0.25) is 38.4 Å². The first-order valence-electron chi connectivity index (χ1n) is 42.0. The molecule has 0 aromatic heterocycles. The van der Waals surface area contributed by atoms with E-state index in [1.165, 1.54) is 25.7 Å². The van der Waals surface area contributed by atoms with Gasteiger partial charge in [-0.05, 0) is 149 Å². The van der Waals surface area contributed by atoms with Crippen LogP contribution in [0.3, 0.4) is 0 Å². The fourth-order valence-corrected chi connectivity index (χ4v) is 12.5. The van der Waals surface area contributed by atoms with Crippen molar-refractivity contribution in [2.45, 2.75) is 351 Å².